The van der Waals surface area contributed by atoms with Gasteiger partial charge < -0.3 is 54.7 Å². The summed E-state index contributed by atoms with van der Waals surface area (Å²) < 4.78 is 14.4. The molecule has 74 heavy (non-hydrogen) atoms. The molecule has 19 nitrogen and oxygen atoms in total. The van der Waals surface area contributed by atoms with Crippen molar-refractivity contribution in [3.05, 3.63) is 109 Å². The first kappa shape index (κ1) is 49.0. The molecule has 0 radical (unpaired) electrons. The lowest BCUT2D eigenvalue weighted by atomic mass is 9.82. The predicted molar refractivity (Wildman–Crippen MR) is 280 cm³/mol. The molecule has 4 aliphatic heterocycles. The number of aryl methyl sites for hydroxylation is 1. The minimum absolute atomic E-state index is 0.0724. The van der Waals surface area contributed by atoms with Crippen LogP contribution in [0.15, 0.2) is 95.9 Å². The lowest BCUT2D eigenvalue weighted by molar-refractivity contribution is -0.141. The SMILES string of the molecule is Cc1nccn1-c1ccc([C@H](C)NC(=O)[C@@H]2C[C@@H](O)CN2C(=O)[C@@H](c2cc(N3CCN(C[C@H]4C[C@H](Oc5cc(N6C7CCC6CN(c6cc(-c8ccccc8O)nnc6N)C7)ccn5)C4)CC3)no2)C(C)C)cc1. The molecule has 1 saturated carbocycles. The van der Waals surface area contributed by atoms with Crippen LogP contribution < -0.4 is 30.5 Å². The number of phenols is 1. The van der Waals surface area contributed by atoms with Gasteiger partial charge in [-0.05, 0) is 93.3 Å². The Labute approximate surface area is 431 Å². The van der Waals surface area contributed by atoms with Crippen LogP contribution in [0.1, 0.15) is 82.0 Å². The number of piperazine rings is 2. The summed E-state index contributed by atoms with van der Waals surface area (Å²) in [4.78, 5) is 48.2. The number of hydrogen-bond donors (Lipinski definition) is 4. The molecule has 6 aromatic rings. The number of pyridine rings is 1. The molecule has 6 atom stereocenters. The molecule has 19 heteroatoms. The topological polar surface area (TPSA) is 221 Å². The second-order valence-electron chi connectivity index (χ2n) is 21.3. The molecule has 2 aromatic carbocycles. The number of ether oxygens (including phenoxy) is 1. The van der Waals surface area contributed by atoms with E-state index in [1.165, 1.54) is 4.90 Å². The third-order valence-electron chi connectivity index (χ3n) is 16.0. The summed E-state index contributed by atoms with van der Waals surface area (Å²) in [7, 11) is 0. The molecule has 0 spiro atoms. The number of likely N-dealkylation sites (tertiary alicyclic amines) is 1. The van der Waals surface area contributed by atoms with Crippen LogP contribution in [0.3, 0.4) is 0 Å². The normalized spacial score (nSPS) is 23.8. The average molecular weight is 1010 g/mol. The number of aromatic hydroxyl groups is 1. The molecule has 2 unspecified atom stereocenters. The molecule has 2 amide bonds. The third-order valence-corrected chi connectivity index (χ3v) is 16.0. The molecule has 388 valence electrons. The number of carbonyl (C=O) groups is 2. The Balaban J connectivity index is 0.642. The number of para-hydroxylation sites is 1. The van der Waals surface area contributed by atoms with Crippen LogP contribution in [0.4, 0.5) is 23.0 Å². The summed E-state index contributed by atoms with van der Waals surface area (Å²) >= 11 is 0. The molecule has 4 saturated heterocycles. The molecule has 8 heterocycles. The maximum atomic E-state index is 14.4. The number of β-amino-alcohol motifs (C(OH)–C–C–N with tert-alkyl or cyclic N) is 1. The van der Waals surface area contributed by atoms with E-state index in [0.717, 1.165) is 99.9 Å². The van der Waals surface area contributed by atoms with Crippen molar-refractivity contribution < 1.29 is 29.1 Å². The number of amides is 2. The largest absolute Gasteiger partial charge is 0.507 e. The highest BCUT2D eigenvalue weighted by Gasteiger charge is 2.45. The molecule has 1 aliphatic carbocycles. The highest BCUT2D eigenvalue weighted by Crippen LogP contribution is 2.41. The number of nitrogens with two attached hydrogens (primary N) is 1. The zero-order valence-corrected chi connectivity index (χ0v) is 42.6. The van der Waals surface area contributed by atoms with E-state index in [1.807, 2.05) is 93.2 Å². The van der Waals surface area contributed by atoms with Gasteiger partial charge >= 0.3 is 0 Å². The van der Waals surface area contributed by atoms with Crippen LogP contribution in [0.2, 0.25) is 0 Å². The Morgan fingerprint density at radius 2 is 1.62 bits per heavy atom. The fraction of sp³-hybridized carbons (Fsp3) is 0.473. The monoisotopic (exact) mass is 1010 g/mol. The van der Waals surface area contributed by atoms with Crippen LogP contribution in [0.5, 0.6) is 11.6 Å². The molecule has 2 bridgehead atoms. The van der Waals surface area contributed by atoms with Gasteiger partial charge in [0.05, 0.1) is 23.5 Å². The van der Waals surface area contributed by atoms with E-state index < -0.39 is 18.1 Å². The van der Waals surface area contributed by atoms with Crippen molar-refractivity contribution >= 4 is 34.8 Å². The maximum Gasteiger partial charge on any atom is 0.243 e. The summed E-state index contributed by atoms with van der Waals surface area (Å²) in [5.74, 6) is 2.43. The molecule has 11 rings (SSSR count). The number of imidazole rings is 1. The van der Waals surface area contributed by atoms with Crippen LogP contribution in [-0.4, -0.2) is 144 Å². The fourth-order valence-electron chi connectivity index (χ4n) is 12.0. The molecular formula is C55H67N13O6. The standard InChI is InChI=1S/C55H67N13O6/c1-33(2)52(55(72)67-32-42(69)26-47(67)54(71)59-34(3)37-9-11-38(12-10-37)66-18-17-57-35(66)4)49-28-50(62-74-49)64-21-19-63(20-22-64)29-36-23-43(24-36)73-51-25-39(15-16-58-51)68-40-13-14-41(68)31-65(30-40)46-27-45(60-61-53(46)56)44-7-5-6-8-48(44)70/h5-12,15-18,25,27-28,33-34,36,40-43,47,52,69-70H,13-14,19-24,26,29-32H2,1-4H3,(H2,56,61)(H,59,71)/t34-,36-,40?,41?,42+,43-,47-,52+/m0/s1. The molecule has 5 aliphatic rings. The summed E-state index contributed by atoms with van der Waals surface area (Å²) in [5.41, 5.74) is 11.5. The number of nitrogens with zero attached hydrogens (tertiary/aromatic N) is 11. The van der Waals surface area contributed by atoms with Crippen molar-refractivity contribution in [3.8, 4) is 28.6 Å². The van der Waals surface area contributed by atoms with Gasteiger partial charge in [-0.1, -0.05) is 43.3 Å². The zero-order chi connectivity index (χ0) is 51.2. The van der Waals surface area contributed by atoms with E-state index in [9.17, 15) is 19.8 Å². The Bertz CT molecular complexity index is 2940. The fourth-order valence-corrected chi connectivity index (χ4v) is 12.0. The Morgan fingerprint density at radius 1 is 0.865 bits per heavy atom. The number of rotatable bonds is 15. The number of aromatic nitrogens is 6. The van der Waals surface area contributed by atoms with E-state index in [2.05, 4.69) is 62.4 Å². The maximum absolute atomic E-state index is 14.4. The van der Waals surface area contributed by atoms with Crippen LogP contribution >= 0.6 is 0 Å². The van der Waals surface area contributed by atoms with Gasteiger partial charge in [-0.3, -0.25) is 14.5 Å². The number of hydrogen-bond acceptors (Lipinski definition) is 16. The van der Waals surface area contributed by atoms with Gasteiger partial charge in [-0.2, -0.15) is 0 Å². The van der Waals surface area contributed by atoms with Gasteiger partial charge in [-0.25, -0.2) is 9.97 Å². The van der Waals surface area contributed by atoms with Gasteiger partial charge in [0.2, 0.25) is 17.7 Å². The Kier molecular flexibility index (Phi) is 13.6. The van der Waals surface area contributed by atoms with Crippen LogP contribution in [0.25, 0.3) is 16.9 Å². The van der Waals surface area contributed by atoms with Crippen molar-refractivity contribution in [2.24, 2.45) is 11.8 Å². The van der Waals surface area contributed by atoms with Gasteiger partial charge in [-0.15, -0.1) is 10.2 Å². The predicted octanol–water partition coefficient (Wildman–Crippen LogP) is 5.72. The number of nitrogens with one attached hydrogen (secondary N) is 1. The van der Waals surface area contributed by atoms with Crippen molar-refractivity contribution in [3.63, 3.8) is 0 Å². The minimum atomic E-state index is -0.814. The minimum Gasteiger partial charge on any atom is -0.507 e. The van der Waals surface area contributed by atoms with Gasteiger partial charge in [0, 0.05) is 119 Å². The number of aliphatic hydroxyl groups excluding tert-OH is 1. The van der Waals surface area contributed by atoms with Crippen molar-refractivity contribution in [1.29, 1.82) is 0 Å². The molecule has 5 N–H and O–H groups in total. The number of anilines is 4. The number of nitrogen functional groups attached to an aromatic ring is 1. The van der Waals surface area contributed by atoms with Crippen LogP contribution in [0, 0.1) is 18.8 Å². The second kappa shape index (κ2) is 20.6. The van der Waals surface area contributed by atoms with E-state index in [1.54, 1.807) is 18.3 Å². The lowest BCUT2D eigenvalue weighted by Crippen LogP contribution is -2.54. The molecule has 5 fully saturated rings. The quantitative estimate of drug-likeness (QED) is 0.0966. The van der Waals surface area contributed by atoms with E-state index >= 15 is 0 Å². The van der Waals surface area contributed by atoms with E-state index in [0.29, 0.717) is 52.5 Å². The number of aliphatic hydroxyl groups is 1. The van der Waals surface area contributed by atoms with Crippen molar-refractivity contribution in [1.82, 2.24) is 45.0 Å². The Hall–Kier alpha value is -7.25. The Morgan fingerprint density at radius 3 is 2.34 bits per heavy atom. The third kappa shape index (κ3) is 9.93. The summed E-state index contributed by atoms with van der Waals surface area (Å²) in [5, 5.41) is 37.4. The summed E-state index contributed by atoms with van der Waals surface area (Å²) in [6.45, 7) is 13.8. The molecular weight excluding hydrogens is 939 g/mol. The second-order valence-corrected chi connectivity index (χ2v) is 21.3. The number of carbonyl (C=O) groups excluding carboxylic acids is 2. The van der Waals surface area contributed by atoms with Gasteiger partial charge in [0.1, 0.15) is 29.6 Å². The average Bonchev–Trinajstić information content (AvgIpc) is 4.20. The van der Waals surface area contributed by atoms with E-state index in [4.69, 9.17) is 15.0 Å². The van der Waals surface area contributed by atoms with Crippen LogP contribution in [-0.2, 0) is 9.59 Å². The van der Waals surface area contributed by atoms with Gasteiger partial charge in [0.15, 0.2) is 17.4 Å². The smallest absolute Gasteiger partial charge is 0.243 e. The first-order valence-corrected chi connectivity index (χ1v) is 26.2. The van der Waals surface area contributed by atoms with E-state index in [-0.39, 0.29) is 48.6 Å². The number of fused-ring (bicyclic) bond motifs is 2. The first-order chi connectivity index (χ1) is 35.8. The van der Waals surface area contributed by atoms with Crippen molar-refractivity contribution in [2.45, 2.75) is 102 Å². The number of phenolic OH excluding ortho intramolecular Hbond substituents is 1. The first-order valence-electron chi connectivity index (χ1n) is 26.2. The van der Waals surface area contributed by atoms with Crippen molar-refractivity contribution in [2.75, 3.05) is 72.8 Å². The summed E-state index contributed by atoms with van der Waals surface area (Å²) in [6, 6.07) is 22.5. The molecule has 4 aromatic heterocycles. The lowest BCUT2D eigenvalue weighted by Gasteiger charge is -2.43. The van der Waals surface area contributed by atoms with Gasteiger partial charge in [0.25, 0.3) is 0 Å². The highest BCUT2D eigenvalue weighted by molar-refractivity contribution is 5.91. The highest BCUT2D eigenvalue weighted by atomic mass is 16.5. The number of benzene rings is 2. The summed E-state index contributed by atoms with van der Waals surface area (Å²) in [6.07, 6.45) is 9.11. The zero-order valence-electron chi connectivity index (χ0n) is 42.6.